The molecule has 0 aliphatic rings. The van der Waals surface area contributed by atoms with E-state index < -0.39 is 16.7 Å². The van der Waals surface area contributed by atoms with Gasteiger partial charge in [0.2, 0.25) is 0 Å². The minimum atomic E-state index is -4.68. The van der Waals surface area contributed by atoms with Gasteiger partial charge in [-0.3, -0.25) is 9.35 Å². The van der Waals surface area contributed by atoms with E-state index in [0.717, 1.165) is 5.57 Å². The van der Waals surface area contributed by atoms with Gasteiger partial charge >= 0.3 is 16.4 Å². The van der Waals surface area contributed by atoms with Gasteiger partial charge in [0.1, 0.15) is 6.61 Å². The zero-order chi connectivity index (χ0) is 15.8. The van der Waals surface area contributed by atoms with Crippen LogP contribution in [0.5, 0.6) is 0 Å². The van der Waals surface area contributed by atoms with Crippen LogP contribution in [0.1, 0.15) is 33.6 Å². The third kappa shape index (κ3) is 10.7. The van der Waals surface area contributed by atoms with Crippen LogP contribution in [0.4, 0.5) is 0 Å². The molecule has 0 aromatic heterocycles. The number of hydrogen-bond acceptors (Lipinski definition) is 6. The molecule has 0 saturated heterocycles. The van der Waals surface area contributed by atoms with E-state index in [1.54, 1.807) is 12.2 Å². The van der Waals surface area contributed by atoms with E-state index in [-0.39, 0.29) is 18.1 Å². The maximum Gasteiger partial charge on any atom is 0.400 e. The molecule has 0 spiro atoms. The van der Waals surface area contributed by atoms with E-state index in [0.29, 0.717) is 12.8 Å². The molecule has 0 saturated carbocycles. The van der Waals surface area contributed by atoms with Crippen LogP contribution in [-0.2, 0) is 24.1 Å². The molecular weight excluding hydrogens is 288 g/mol. The Morgan fingerprint density at radius 2 is 1.85 bits per heavy atom. The summed E-state index contributed by atoms with van der Waals surface area (Å²) in [7, 11) is -4.68. The lowest BCUT2D eigenvalue weighted by Crippen LogP contribution is -2.18. The van der Waals surface area contributed by atoms with Crippen molar-refractivity contribution in [2.75, 3.05) is 6.61 Å². The predicted molar refractivity (Wildman–Crippen MR) is 72.0 cm³/mol. The van der Waals surface area contributed by atoms with Gasteiger partial charge in [-0.1, -0.05) is 11.6 Å². The molecule has 0 bridgehead atoms. The summed E-state index contributed by atoms with van der Waals surface area (Å²) in [6.45, 7) is 4.87. The number of carbonyl (C=O) groups excluding carboxylic acids is 1. The number of esters is 1. The van der Waals surface area contributed by atoms with E-state index in [4.69, 9.17) is 9.29 Å². The molecule has 0 amide bonds. The number of carbonyl (C=O) groups is 1. The summed E-state index contributed by atoms with van der Waals surface area (Å²) in [5.41, 5.74) is 1.26. The molecule has 7 nitrogen and oxygen atoms in total. The Morgan fingerprint density at radius 3 is 2.35 bits per heavy atom. The molecule has 1 unspecified atom stereocenters. The molecule has 20 heavy (non-hydrogen) atoms. The molecule has 1 atom stereocenters. The first kappa shape index (κ1) is 18.8. The lowest BCUT2D eigenvalue weighted by atomic mass is 10.1. The van der Waals surface area contributed by atoms with Crippen molar-refractivity contribution < 1.29 is 31.8 Å². The fraction of sp³-hybridized carbons (Fsp3) is 0.583. The number of allylic oxidation sites excluding steroid dienone is 2. The summed E-state index contributed by atoms with van der Waals surface area (Å²) in [5.74, 6) is -0.352. The fourth-order valence-corrected chi connectivity index (χ4v) is 1.60. The highest BCUT2D eigenvalue weighted by Gasteiger charge is 2.15. The number of aliphatic hydroxyl groups excluding tert-OH is 1. The zero-order valence-corrected chi connectivity index (χ0v) is 12.5. The van der Waals surface area contributed by atoms with E-state index in [9.17, 15) is 18.3 Å². The van der Waals surface area contributed by atoms with Crippen molar-refractivity contribution in [3.05, 3.63) is 23.3 Å². The van der Waals surface area contributed by atoms with Crippen LogP contribution < -0.4 is 0 Å². The lowest BCUT2D eigenvalue weighted by molar-refractivity contribution is -0.139. The van der Waals surface area contributed by atoms with Crippen LogP contribution in [0.25, 0.3) is 0 Å². The van der Waals surface area contributed by atoms with Crippen LogP contribution >= 0.6 is 0 Å². The van der Waals surface area contributed by atoms with Crippen LogP contribution in [0.15, 0.2) is 23.3 Å². The molecule has 0 aliphatic carbocycles. The topological polar surface area (TPSA) is 110 Å². The maximum absolute atomic E-state index is 10.5. The molecule has 0 fully saturated rings. The number of hydrogen-bond donors (Lipinski definition) is 2. The first-order chi connectivity index (χ1) is 9.11. The summed E-state index contributed by atoms with van der Waals surface area (Å²) in [4.78, 5) is 10.5. The molecule has 0 radical (unpaired) electrons. The highest BCUT2D eigenvalue weighted by atomic mass is 32.3. The minimum Gasteiger partial charge on any atom is -0.462 e. The zero-order valence-electron chi connectivity index (χ0n) is 11.7. The van der Waals surface area contributed by atoms with Crippen LogP contribution in [0.3, 0.4) is 0 Å². The molecule has 0 aromatic rings. The molecule has 0 aliphatic heterocycles. The summed E-state index contributed by atoms with van der Waals surface area (Å²) in [6, 6.07) is 0. The van der Waals surface area contributed by atoms with E-state index in [1.165, 1.54) is 13.8 Å². The third-order valence-corrected chi connectivity index (χ3v) is 2.75. The van der Waals surface area contributed by atoms with Gasteiger partial charge in [0, 0.05) is 6.92 Å². The Balaban J connectivity index is 4.19. The molecule has 2 N–H and O–H groups in total. The highest BCUT2D eigenvalue weighted by Crippen LogP contribution is 2.11. The minimum absolute atomic E-state index is 0.207. The first-order valence-electron chi connectivity index (χ1n) is 5.91. The Kier molecular flexibility index (Phi) is 8.31. The van der Waals surface area contributed by atoms with Crippen molar-refractivity contribution in [3.8, 4) is 0 Å². The van der Waals surface area contributed by atoms with Crippen molar-refractivity contribution in [2.45, 2.75) is 39.9 Å². The van der Waals surface area contributed by atoms with Gasteiger partial charge in [0.15, 0.2) is 6.29 Å². The molecular formula is C12H20O7S. The SMILES string of the molecule is CC(=O)OCC=C(C)CCC=C(C)C(O)OS(=O)(=O)O. The van der Waals surface area contributed by atoms with E-state index in [1.807, 2.05) is 6.92 Å². The summed E-state index contributed by atoms with van der Waals surface area (Å²) in [5, 5.41) is 9.32. The Morgan fingerprint density at radius 1 is 1.25 bits per heavy atom. The highest BCUT2D eigenvalue weighted by molar-refractivity contribution is 7.80. The molecule has 116 valence electrons. The second-order valence-corrected chi connectivity index (χ2v) is 5.26. The Labute approximate surface area is 118 Å². The van der Waals surface area contributed by atoms with Crippen LogP contribution in [0, 0.1) is 0 Å². The average molecular weight is 308 g/mol. The fourth-order valence-electron chi connectivity index (χ4n) is 1.22. The van der Waals surface area contributed by atoms with Gasteiger partial charge in [0.25, 0.3) is 0 Å². The van der Waals surface area contributed by atoms with Gasteiger partial charge < -0.3 is 9.84 Å². The average Bonchev–Trinajstić information content (AvgIpc) is 2.25. The number of ether oxygens (including phenoxy) is 1. The second kappa shape index (κ2) is 8.85. The van der Waals surface area contributed by atoms with Crippen molar-refractivity contribution in [2.24, 2.45) is 0 Å². The van der Waals surface area contributed by atoms with Gasteiger partial charge in [-0.15, -0.1) is 0 Å². The molecule has 8 heteroatoms. The van der Waals surface area contributed by atoms with E-state index >= 15 is 0 Å². The number of aliphatic hydroxyl groups is 1. The van der Waals surface area contributed by atoms with Gasteiger partial charge in [-0.2, -0.15) is 8.42 Å². The van der Waals surface area contributed by atoms with Gasteiger partial charge in [-0.25, -0.2) is 4.18 Å². The molecule has 0 aromatic carbocycles. The predicted octanol–water partition coefficient (Wildman–Crippen LogP) is 1.36. The summed E-state index contributed by atoms with van der Waals surface area (Å²) in [6.07, 6.45) is 2.85. The molecule has 0 rings (SSSR count). The first-order valence-corrected chi connectivity index (χ1v) is 7.27. The summed E-state index contributed by atoms with van der Waals surface area (Å²) >= 11 is 0. The van der Waals surface area contributed by atoms with Crippen LogP contribution in [0.2, 0.25) is 0 Å². The lowest BCUT2D eigenvalue weighted by Gasteiger charge is -2.09. The van der Waals surface area contributed by atoms with Crippen molar-refractivity contribution in [1.82, 2.24) is 0 Å². The van der Waals surface area contributed by atoms with E-state index in [2.05, 4.69) is 4.18 Å². The smallest absolute Gasteiger partial charge is 0.400 e. The van der Waals surface area contributed by atoms with Crippen molar-refractivity contribution >= 4 is 16.4 Å². The number of rotatable bonds is 8. The maximum atomic E-state index is 10.5. The standard InChI is InChI=1S/C12H20O7S/c1-9(7-8-18-11(3)13)5-4-6-10(2)12(14)19-20(15,16)17/h6-7,12,14H,4-5,8H2,1-3H3,(H,15,16,17). The third-order valence-electron chi connectivity index (χ3n) is 2.33. The van der Waals surface area contributed by atoms with Crippen molar-refractivity contribution in [1.29, 1.82) is 0 Å². The summed E-state index contributed by atoms with van der Waals surface area (Å²) < 4.78 is 37.9. The quantitative estimate of drug-likeness (QED) is 0.301. The van der Waals surface area contributed by atoms with Crippen LogP contribution in [-0.4, -0.2) is 36.9 Å². The Hall–Kier alpha value is -1.22. The Bertz CT molecular complexity index is 476. The molecule has 0 heterocycles. The van der Waals surface area contributed by atoms with Gasteiger partial charge in [-0.05, 0) is 38.3 Å². The van der Waals surface area contributed by atoms with Crippen molar-refractivity contribution in [3.63, 3.8) is 0 Å². The normalized spacial score (nSPS) is 15.1. The largest absolute Gasteiger partial charge is 0.462 e. The van der Waals surface area contributed by atoms with Gasteiger partial charge in [0.05, 0.1) is 0 Å². The monoisotopic (exact) mass is 308 g/mol. The second-order valence-electron chi connectivity index (χ2n) is 4.22.